The maximum Gasteiger partial charge on any atom is 0.222 e. The summed E-state index contributed by atoms with van der Waals surface area (Å²) in [5, 5.41) is 17.2. The van der Waals surface area contributed by atoms with E-state index in [4.69, 9.17) is 4.52 Å². The SMILES string of the molecule is Cc1noc(C)c1CN1C[C@@H](F)C[C@H]1CNC(=O)CC1(O)CCCC1. The summed E-state index contributed by atoms with van der Waals surface area (Å²) in [6.45, 7) is 5.07. The van der Waals surface area contributed by atoms with Gasteiger partial charge in [0.15, 0.2) is 0 Å². The number of alkyl halides is 1. The smallest absolute Gasteiger partial charge is 0.222 e. The Morgan fingerprint density at radius 1 is 1.44 bits per heavy atom. The van der Waals surface area contributed by atoms with E-state index in [9.17, 15) is 14.3 Å². The highest BCUT2D eigenvalue weighted by Gasteiger charge is 2.35. The number of aliphatic hydroxyl groups is 1. The van der Waals surface area contributed by atoms with Crippen molar-refractivity contribution in [3.05, 3.63) is 17.0 Å². The summed E-state index contributed by atoms with van der Waals surface area (Å²) >= 11 is 0. The van der Waals surface area contributed by atoms with Gasteiger partial charge in [-0.2, -0.15) is 0 Å². The number of nitrogens with one attached hydrogen (secondary N) is 1. The third-order valence-electron chi connectivity index (χ3n) is 5.58. The van der Waals surface area contributed by atoms with E-state index in [2.05, 4.69) is 10.5 Å². The lowest BCUT2D eigenvalue weighted by atomic mass is 9.97. The van der Waals surface area contributed by atoms with Crippen LogP contribution in [0.5, 0.6) is 0 Å². The van der Waals surface area contributed by atoms with Crippen molar-refractivity contribution in [3.63, 3.8) is 0 Å². The zero-order valence-corrected chi connectivity index (χ0v) is 15.1. The van der Waals surface area contributed by atoms with Gasteiger partial charge < -0.3 is 14.9 Å². The van der Waals surface area contributed by atoms with Gasteiger partial charge in [-0.25, -0.2) is 4.39 Å². The molecule has 1 amide bonds. The molecule has 2 N–H and O–H groups in total. The van der Waals surface area contributed by atoms with Crippen LogP contribution in [0.15, 0.2) is 4.52 Å². The molecule has 0 spiro atoms. The Bertz CT molecular complexity index is 593. The largest absolute Gasteiger partial charge is 0.389 e. The lowest BCUT2D eigenvalue weighted by molar-refractivity contribution is -0.126. The number of hydrogen-bond donors (Lipinski definition) is 2. The number of likely N-dealkylation sites (tertiary alicyclic amines) is 1. The minimum Gasteiger partial charge on any atom is -0.389 e. The standard InChI is InChI=1S/C18H28FN3O3/c1-12-16(13(2)25-21-12)11-22-10-14(19)7-15(22)9-20-17(23)8-18(24)5-3-4-6-18/h14-15,24H,3-11H2,1-2H3,(H,20,23)/t14-,15-/m0/s1. The van der Waals surface area contributed by atoms with Crippen LogP contribution in [0.25, 0.3) is 0 Å². The zero-order valence-electron chi connectivity index (χ0n) is 15.1. The summed E-state index contributed by atoms with van der Waals surface area (Å²) in [6, 6.07) is -0.0501. The molecule has 3 rings (SSSR count). The van der Waals surface area contributed by atoms with Gasteiger partial charge in [-0.05, 0) is 33.1 Å². The van der Waals surface area contributed by atoms with Crippen LogP contribution in [0.4, 0.5) is 4.39 Å². The molecule has 6 nitrogen and oxygen atoms in total. The number of nitrogens with zero attached hydrogens (tertiary/aromatic N) is 2. The fourth-order valence-electron chi connectivity index (χ4n) is 4.06. The van der Waals surface area contributed by atoms with E-state index in [1.807, 2.05) is 18.7 Å². The third kappa shape index (κ3) is 4.39. The fraction of sp³-hybridized carbons (Fsp3) is 0.778. The van der Waals surface area contributed by atoms with E-state index in [1.165, 1.54) is 0 Å². The second kappa shape index (κ2) is 7.41. The van der Waals surface area contributed by atoms with Crippen molar-refractivity contribution in [2.75, 3.05) is 13.1 Å². The molecule has 2 aliphatic rings. The molecule has 7 heteroatoms. The topological polar surface area (TPSA) is 78.6 Å². The molecule has 1 aliphatic heterocycles. The molecule has 1 aliphatic carbocycles. The maximum atomic E-state index is 13.9. The summed E-state index contributed by atoms with van der Waals surface area (Å²) < 4.78 is 19.1. The number of rotatable bonds is 6. The first kappa shape index (κ1) is 18.3. The first-order valence-electron chi connectivity index (χ1n) is 9.15. The minimum absolute atomic E-state index is 0.0501. The van der Waals surface area contributed by atoms with Crippen LogP contribution < -0.4 is 5.32 Å². The Hall–Kier alpha value is -1.47. The monoisotopic (exact) mass is 353 g/mol. The Balaban J connectivity index is 1.54. The Kier molecular flexibility index (Phi) is 5.43. The number of halogens is 1. The molecule has 1 saturated heterocycles. The van der Waals surface area contributed by atoms with Gasteiger partial charge in [-0.15, -0.1) is 0 Å². The normalized spacial score (nSPS) is 26.2. The van der Waals surface area contributed by atoms with E-state index < -0.39 is 11.8 Å². The number of carbonyl (C=O) groups is 1. The number of carbonyl (C=O) groups excluding carboxylic acids is 1. The van der Waals surface area contributed by atoms with Gasteiger partial charge in [0.2, 0.25) is 5.91 Å². The van der Waals surface area contributed by atoms with E-state index in [0.717, 1.165) is 29.9 Å². The van der Waals surface area contributed by atoms with Crippen LogP contribution in [-0.2, 0) is 11.3 Å². The zero-order chi connectivity index (χ0) is 18.0. The minimum atomic E-state index is -0.888. The van der Waals surface area contributed by atoms with Gasteiger partial charge in [0.05, 0.1) is 17.7 Å². The predicted octanol–water partition coefficient (Wildman–Crippen LogP) is 2.02. The highest BCUT2D eigenvalue weighted by atomic mass is 19.1. The lowest BCUT2D eigenvalue weighted by Gasteiger charge is -2.25. The van der Waals surface area contributed by atoms with Crippen LogP contribution in [0.1, 0.15) is 55.5 Å². The summed E-state index contributed by atoms with van der Waals surface area (Å²) in [5.41, 5.74) is 0.968. The van der Waals surface area contributed by atoms with Crippen molar-refractivity contribution in [2.24, 2.45) is 0 Å². The Morgan fingerprint density at radius 3 is 2.80 bits per heavy atom. The number of aromatic nitrogens is 1. The molecular formula is C18H28FN3O3. The van der Waals surface area contributed by atoms with Crippen molar-refractivity contribution in [2.45, 2.75) is 76.7 Å². The van der Waals surface area contributed by atoms with Crippen molar-refractivity contribution < 1.29 is 18.8 Å². The van der Waals surface area contributed by atoms with Crippen LogP contribution >= 0.6 is 0 Å². The van der Waals surface area contributed by atoms with Crippen LogP contribution in [-0.4, -0.2) is 52.0 Å². The van der Waals surface area contributed by atoms with E-state index >= 15 is 0 Å². The van der Waals surface area contributed by atoms with Gasteiger partial charge in [0.1, 0.15) is 11.9 Å². The first-order chi connectivity index (χ1) is 11.9. The third-order valence-corrected chi connectivity index (χ3v) is 5.58. The van der Waals surface area contributed by atoms with Crippen molar-refractivity contribution >= 4 is 5.91 Å². The van der Waals surface area contributed by atoms with Crippen molar-refractivity contribution in [3.8, 4) is 0 Å². The molecule has 2 fully saturated rings. The average molecular weight is 353 g/mol. The number of aryl methyl sites for hydroxylation is 2. The van der Waals surface area contributed by atoms with E-state index in [-0.39, 0.29) is 18.4 Å². The molecule has 2 heterocycles. The van der Waals surface area contributed by atoms with Gasteiger partial charge in [-0.1, -0.05) is 18.0 Å². The second-order valence-electron chi connectivity index (χ2n) is 7.63. The van der Waals surface area contributed by atoms with E-state index in [1.54, 1.807) is 0 Å². The van der Waals surface area contributed by atoms with E-state index in [0.29, 0.717) is 38.9 Å². The Morgan fingerprint density at radius 2 is 2.16 bits per heavy atom. The maximum absolute atomic E-state index is 13.9. The van der Waals surface area contributed by atoms with Gasteiger partial charge in [0.25, 0.3) is 0 Å². The molecule has 25 heavy (non-hydrogen) atoms. The summed E-state index contributed by atoms with van der Waals surface area (Å²) in [5.74, 6) is 0.607. The quantitative estimate of drug-likeness (QED) is 0.818. The average Bonchev–Trinajstić information content (AvgIpc) is 3.21. The first-order valence-corrected chi connectivity index (χ1v) is 9.15. The summed E-state index contributed by atoms with van der Waals surface area (Å²) in [4.78, 5) is 14.2. The molecule has 1 aromatic heterocycles. The molecule has 1 saturated carbocycles. The van der Waals surface area contributed by atoms with Gasteiger partial charge in [-0.3, -0.25) is 9.69 Å². The molecular weight excluding hydrogens is 325 g/mol. The summed E-state index contributed by atoms with van der Waals surface area (Å²) in [6.07, 6.45) is 2.99. The van der Waals surface area contributed by atoms with Crippen molar-refractivity contribution in [1.82, 2.24) is 15.4 Å². The predicted molar refractivity (Wildman–Crippen MR) is 90.7 cm³/mol. The molecule has 0 bridgehead atoms. The fourth-order valence-corrected chi connectivity index (χ4v) is 4.06. The van der Waals surface area contributed by atoms with Crippen LogP contribution in [0.2, 0.25) is 0 Å². The van der Waals surface area contributed by atoms with Crippen LogP contribution in [0, 0.1) is 13.8 Å². The molecule has 0 unspecified atom stereocenters. The molecule has 0 aromatic carbocycles. The molecule has 2 atom stereocenters. The molecule has 0 radical (unpaired) electrons. The number of amides is 1. The highest BCUT2D eigenvalue weighted by Crippen LogP contribution is 2.32. The second-order valence-corrected chi connectivity index (χ2v) is 7.63. The Labute approximate surface area is 147 Å². The lowest BCUT2D eigenvalue weighted by Crippen LogP contribution is -2.42. The molecule has 1 aromatic rings. The van der Waals surface area contributed by atoms with Crippen molar-refractivity contribution in [1.29, 1.82) is 0 Å². The number of hydrogen-bond acceptors (Lipinski definition) is 5. The van der Waals surface area contributed by atoms with Gasteiger partial charge in [0, 0.05) is 31.2 Å². The highest BCUT2D eigenvalue weighted by molar-refractivity contribution is 5.77. The molecule has 140 valence electrons. The summed E-state index contributed by atoms with van der Waals surface area (Å²) in [7, 11) is 0. The van der Waals surface area contributed by atoms with Crippen LogP contribution in [0.3, 0.4) is 0 Å². The van der Waals surface area contributed by atoms with Gasteiger partial charge >= 0.3 is 0 Å².